The zero-order valence-electron chi connectivity index (χ0n) is 14.0. The van der Waals surface area contributed by atoms with Crippen molar-refractivity contribution >= 4 is 40.6 Å². The van der Waals surface area contributed by atoms with Crippen molar-refractivity contribution in [3.63, 3.8) is 0 Å². The van der Waals surface area contributed by atoms with Crippen LogP contribution in [0.2, 0.25) is 5.02 Å². The van der Waals surface area contributed by atoms with Crippen LogP contribution >= 0.6 is 11.6 Å². The summed E-state index contributed by atoms with van der Waals surface area (Å²) in [7, 11) is 0. The first-order chi connectivity index (χ1) is 12.0. The van der Waals surface area contributed by atoms with E-state index in [0.717, 1.165) is 11.5 Å². The van der Waals surface area contributed by atoms with Gasteiger partial charge in [0.05, 0.1) is 18.3 Å². The predicted molar refractivity (Wildman–Crippen MR) is 98.4 cm³/mol. The molecule has 134 valence electrons. The summed E-state index contributed by atoms with van der Waals surface area (Å²) >= 11 is 5.85. The maximum Gasteiger partial charge on any atom is 0.226 e. The number of benzene rings is 1. The molecule has 0 atom stereocenters. The van der Waals surface area contributed by atoms with Crippen molar-refractivity contribution in [1.29, 1.82) is 0 Å². The molecular weight excluding hydrogens is 347 g/mol. The number of aliphatic hydroxyl groups is 1. The van der Waals surface area contributed by atoms with E-state index in [0.29, 0.717) is 30.7 Å². The van der Waals surface area contributed by atoms with Gasteiger partial charge in [-0.05, 0) is 32.0 Å². The first-order valence-corrected chi connectivity index (χ1v) is 8.36. The molecule has 7 nitrogen and oxygen atoms in total. The first kappa shape index (κ1) is 17.5. The lowest BCUT2D eigenvalue weighted by atomic mass is 10.3. The summed E-state index contributed by atoms with van der Waals surface area (Å²) in [5.74, 6) is 1.24. The van der Waals surface area contributed by atoms with Crippen LogP contribution in [0.5, 0.6) is 0 Å². The van der Waals surface area contributed by atoms with Crippen molar-refractivity contribution in [2.24, 2.45) is 0 Å². The normalized spacial score (nSPS) is 13.0. The largest absolute Gasteiger partial charge is 0.395 e. The van der Waals surface area contributed by atoms with Crippen LogP contribution < -0.4 is 20.9 Å². The summed E-state index contributed by atoms with van der Waals surface area (Å²) in [6.45, 7) is 5.09. The van der Waals surface area contributed by atoms with Gasteiger partial charge >= 0.3 is 0 Å². The van der Waals surface area contributed by atoms with Gasteiger partial charge < -0.3 is 26.0 Å². The number of aromatic nitrogens is 2. The van der Waals surface area contributed by atoms with Crippen molar-refractivity contribution in [3.8, 4) is 0 Å². The Kier molecular flexibility index (Phi) is 5.10. The van der Waals surface area contributed by atoms with Gasteiger partial charge in [-0.1, -0.05) is 11.6 Å². The highest BCUT2D eigenvalue weighted by Crippen LogP contribution is 2.38. The molecule has 0 fully saturated rings. The van der Waals surface area contributed by atoms with Gasteiger partial charge in [0.1, 0.15) is 11.5 Å². The molecular formula is C16H20ClFN6O. The predicted octanol–water partition coefficient (Wildman–Crippen LogP) is 3.01. The Hall–Kier alpha value is -2.32. The minimum Gasteiger partial charge on any atom is -0.395 e. The summed E-state index contributed by atoms with van der Waals surface area (Å²) in [6, 6.07) is 4.64. The molecule has 0 saturated carbocycles. The van der Waals surface area contributed by atoms with E-state index in [9.17, 15) is 4.39 Å². The van der Waals surface area contributed by atoms with E-state index in [1.54, 1.807) is 6.07 Å². The lowest BCUT2D eigenvalue weighted by Crippen LogP contribution is -2.30. The van der Waals surface area contributed by atoms with E-state index < -0.39 is 5.82 Å². The number of nitrogens with one attached hydrogen (secondary N) is 3. The summed E-state index contributed by atoms with van der Waals surface area (Å²) in [5, 5.41) is 18.5. The van der Waals surface area contributed by atoms with Crippen LogP contribution in [0.4, 0.5) is 33.3 Å². The molecule has 0 saturated heterocycles. The molecule has 1 aromatic heterocycles. The van der Waals surface area contributed by atoms with Gasteiger partial charge in [0.15, 0.2) is 11.6 Å². The quantitative estimate of drug-likeness (QED) is 0.625. The van der Waals surface area contributed by atoms with Crippen molar-refractivity contribution in [1.82, 2.24) is 9.97 Å². The summed E-state index contributed by atoms with van der Waals surface area (Å²) in [4.78, 5) is 11.1. The number of hydrogen-bond donors (Lipinski definition) is 4. The zero-order chi connectivity index (χ0) is 18.0. The average molecular weight is 367 g/mol. The van der Waals surface area contributed by atoms with Gasteiger partial charge in [0.2, 0.25) is 5.95 Å². The smallest absolute Gasteiger partial charge is 0.226 e. The van der Waals surface area contributed by atoms with E-state index in [2.05, 4.69) is 44.7 Å². The van der Waals surface area contributed by atoms with Crippen molar-refractivity contribution in [3.05, 3.63) is 29.0 Å². The third-order valence-corrected chi connectivity index (χ3v) is 4.08. The number of fused-ring (bicyclic) bond motifs is 1. The van der Waals surface area contributed by atoms with Gasteiger partial charge in [-0.2, -0.15) is 9.97 Å². The number of hydrogen-bond acceptors (Lipinski definition) is 7. The standard InChI is InChI=1S/C16H20ClFN6O/c1-9(2)24-8-20-13-14(21-10-3-4-12(18)11(17)7-10)22-16(19-5-6-25)23-15(13)24/h3-4,7,9,20,25H,5-6,8H2,1-2H3,(H2,19,21,22,23). The number of halogens is 2. The second-order valence-electron chi connectivity index (χ2n) is 5.90. The van der Waals surface area contributed by atoms with Crippen LogP contribution in [-0.4, -0.2) is 40.9 Å². The molecule has 9 heteroatoms. The minimum absolute atomic E-state index is 0.0249. The Morgan fingerprint density at radius 1 is 1.40 bits per heavy atom. The van der Waals surface area contributed by atoms with Crippen LogP contribution in [0.15, 0.2) is 18.2 Å². The van der Waals surface area contributed by atoms with Gasteiger partial charge in [-0.15, -0.1) is 0 Å². The average Bonchev–Trinajstić information content (AvgIpc) is 3.01. The van der Waals surface area contributed by atoms with Crippen molar-refractivity contribution < 1.29 is 9.50 Å². The topological polar surface area (TPSA) is 85.3 Å². The van der Waals surface area contributed by atoms with Crippen LogP contribution in [0.1, 0.15) is 13.8 Å². The number of anilines is 5. The lowest BCUT2D eigenvalue weighted by Gasteiger charge is -2.22. The van der Waals surface area contributed by atoms with Gasteiger partial charge in [0.25, 0.3) is 0 Å². The summed E-state index contributed by atoms with van der Waals surface area (Å²) < 4.78 is 13.4. The molecule has 0 bridgehead atoms. The van der Waals surface area contributed by atoms with Gasteiger partial charge in [-0.25, -0.2) is 4.39 Å². The van der Waals surface area contributed by atoms with Gasteiger partial charge in [-0.3, -0.25) is 0 Å². The van der Waals surface area contributed by atoms with Gasteiger partial charge in [0, 0.05) is 18.3 Å². The second kappa shape index (κ2) is 7.28. The van der Waals surface area contributed by atoms with E-state index in [-0.39, 0.29) is 17.7 Å². The van der Waals surface area contributed by atoms with Crippen LogP contribution in [0.25, 0.3) is 0 Å². The van der Waals surface area contributed by atoms with Crippen LogP contribution in [0, 0.1) is 5.82 Å². The fourth-order valence-electron chi connectivity index (χ4n) is 2.53. The monoisotopic (exact) mass is 366 g/mol. The van der Waals surface area contributed by atoms with E-state index in [1.807, 2.05) is 0 Å². The molecule has 0 radical (unpaired) electrons. The highest BCUT2D eigenvalue weighted by molar-refractivity contribution is 6.31. The summed E-state index contributed by atoms with van der Waals surface area (Å²) in [5.41, 5.74) is 1.38. The molecule has 2 aromatic rings. The molecule has 1 aliphatic rings. The minimum atomic E-state index is -0.477. The fourth-order valence-corrected chi connectivity index (χ4v) is 2.71. The van der Waals surface area contributed by atoms with E-state index in [4.69, 9.17) is 16.7 Å². The molecule has 2 heterocycles. The Balaban J connectivity index is 1.98. The molecule has 0 spiro atoms. The third kappa shape index (κ3) is 3.69. The van der Waals surface area contributed by atoms with Crippen molar-refractivity contribution in [2.45, 2.75) is 19.9 Å². The highest BCUT2D eigenvalue weighted by Gasteiger charge is 2.27. The van der Waals surface area contributed by atoms with Crippen LogP contribution in [-0.2, 0) is 0 Å². The molecule has 25 heavy (non-hydrogen) atoms. The first-order valence-electron chi connectivity index (χ1n) is 7.99. The van der Waals surface area contributed by atoms with E-state index in [1.165, 1.54) is 12.1 Å². The van der Waals surface area contributed by atoms with E-state index >= 15 is 0 Å². The Labute approximate surface area is 150 Å². The number of nitrogens with zero attached hydrogens (tertiary/aromatic N) is 3. The molecule has 3 rings (SSSR count). The van der Waals surface area contributed by atoms with Crippen molar-refractivity contribution in [2.75, 3.05) is 40.7 Å². The fraction of sp³-hybridized carbons (Fsp3) is 0.375. The zero-order valence-corrected chi connectivity index (χ0v) is 14.7. The molecule has 0 amide bonds. The van der Waals surface area contributed by atoms with Crippen LogP contribution in [0.3, 0.4) is 0 Å². The third-order valence-electron chi connectivity index (χ3n) is 3.79. The maximum atomic E-state index is 13.4. The molecule has 4 N–H and O–H groups in total. The molecule has 1 aliphatic heterocycles. The second-order valence-corrected chi connectivity index (χ2v) is 6.30. The molecule has 1 aromatic carbocycles. The number of rotatable bonds is 6. The highest BCUT2D eigenvalue weighted by atomic mass is 35.5. The maximum absolute atomic E-state index is 13.4. The molecule has 0 aliphatic carbocycles. The summed E-state index contributed by atoms with van der Waals surface area (Å²) in [6.07, 6.45) is 0. The Morgan fingerprint density at radius 2 is 2.20 bits per heavy atom. The SMILES string of the molecule is CC(C)N1CNc2c(Nc3ccc(F)c(Cl)c3)nc(NCCO)nc21. The molecule has 0 unspecified atom stereocenters. The Morgan fingerprint density at radius 3 is 2.88 bits per heavy atom. The Bertz CT molecular complexity index is 773. The lowest BCUT2D eigenvalue weighted by molar-refractivity contribution is 0.311. The number of aliphatic hydroxyl groups excluding tert-OH is 1.